The Morgan fingerprint density at radius 3 is 2.48 bits per heavy atom. The van der Waals surface area contributed by atoms with Crippen molar-refractivity contribution in [3.63, 3.8) is 0 Å². The van der Waals surface area contributed by atoms with E-state index in [1.165, 1.54) is 0 Å². The predicted octanol–water partition coefficient (Wildman–Crippen LogP) is 1.97. The lowest BCUT2D eigenvalue weighted by Crippen LogP contribution is -2.47. The van der Waals surface area contributed by atoms with E-state index in [4.69, 9.17) is 5.73 Å². The van der Waals surface area contributed by atoms with Gasteiger partial charge in [0.1, 0.15) is 5.92 Å². The van der Waals surface area contributed by atoms with Gasteiger partial charge >= 0.3 is 5.97 Å². The third kappa shape index (κ3) is 2.42. The molecule has 0 bridgehead atoms. The highest BCUT2D eigenvalue weighted by Crippen LogP contribution is 2.40. The summed E-state index contributed by atoms with van der Waals surface area (Å²) < 4.78 is 0. The van der Waals surface area contributed by atoms with Gasteiger partial charge in [-0.3, -0.25) is 9.59 Å². The summed E-state index contributed by atoms with van der Waals surface area (Å²) in [7, 11) is 0. The molecule has 5 nitrogen and oxygen atoms in total. The van der Waals surface area contributed by atoms with Gasteiger partial charge in [-0.05, 0) is 24.5 Å². The third-order valence-corrected chi connectivity index (χ3v) is 4.71. The molecule has 5 heteroatoms. The quantitative estimate of drug-likeness (QED) is 0.868. The molecule has 1 heterocycles. The molecule has 1 aliphatic heterocycles. The first-order valence-corrected chi connectivity index (χ1v) is 7.34. The first kappa shape index (κ1) is 15.5. The van der Waals surface area contributed by atoms with Crippen LogP contribution in [0.1, 0.15) is 38.2 Å². The number of carboxylic acids is 1. The number of nitrogens with two attached hydrogens (primary N) is 1. The van der Waals surface area contributed by atoms with Crippen molar-refractivity contribution in [2.24, 2.45) is 11.1 Å². The molecule has 1 amide bonds. The Bertz CT molecular complexity index is 544. The highest BCUT2D eigenvalue weighted by molar-refractivity contribution is 6.02. The van der Waals surface area contributed by atoms with Crippen LogP contribution in [0, 0.1) is 5.41 Å². The smallest absolute Gasteiger partial charge is 0.312 e. The fraction of sp³-hybridized carbons (Fsp3) is 0.500. The number of amides is 1. The minimum absolute atomic E-state index is 0.0637. The Labute approximate surface area is 124 Å². The standard InChI is InChI=1S/C16H22N2O3/c1-3-16(4-2,10-17)15(21)18-9-12(14(19)20)11-7-5-6-8-13(11)18/h5-8,12H,3-4,9-10,17H2,1-2H3,(H,19,20). The summed E-state index contributed by atoms with van der Waals surface area (Å²) in [5.41, 5.74) is 6.65. The average Bonchev–Trinajstić information content (AvgIpc) is 2.89. The van der Waals surface area contributed by atoms with Gasteiger partial charge in [-0.1, -0.05) is 32.0 Å². The molecule has 0 aromatic heterocycles. The Kier molecular flexibility index (Phi) is 4.32. The molecule has 1 aromatic carbocycles. The number of carbonyl (C=O) groups is 2. The lowest BCUT2D eigenvalue weighted by atomic mass is 9.81. The minimum atomic E-state index is -0.899. The summed E-state index contributed by atoms with van der Waals surface area (Å²) >= 11 is 0. The Morgan fingerprint density at radius 1 is 1.33 bits per heavy atom. The lowest BCUT2D eigenvalue weighted by molar-refractivity contribution is -0.138. The number of benzene rings is 1. The summed E-state index contributed by atoms with van der Waals surface area (Å²) in [6, 6.07) is 7.22. The van der Waals surface area contributed by atoms with Gasteiger partial charge in [0.25, 0.3) is 0 Å². The van der Waals surface area contributed by atoms with Gasteiger partial charge in [-0.25, -0.2) is 0 Å². The molecule has 2 rings (SSSR count). The van der Waals surface area contributed by atoms with E-state index in [9.17, 15) is 14.7 Å². The number of hydrogen-bond donors (Lipinski definition) is 2. The third-order valence-electron chi connectivity index (χ3n) is 4.71. The van der Waals surface area contributed by atoms with Crippen molar-refractivity contribution in [1.82, 2.24) is 0 Å². The molecule has 0 aliphatic carbocycles. The number of hydrogen-bond acceptors (Lipinski definition) is 3. The first-order valence-electron chi connectivity index (χ1n) is 7.34. The second-order valence-corrected chi connectivity index (χ2v) is 5.56. The van der Waals surface area contributed by atoms with Crippen molar-refractivity contribution in [1.29, 1.82) is 0 Å². The van der Waals surface area contributed by atoms with Crippen LogP contribution in [0.3, 0.4) is 0 Å². The van der Waals surface area contributed by atoms with Crippen molar-refractivity contribution in [2.45, 2.75) is 32.6 Å². The molecule has 0 fully saturated rings. The van der Waals surface area contributed by atoms with Crippen molar-refractivity contribution < 1.29 is 14.7 Å². The maximum Gasteiger partial charge on any atom is 0.312 e. The van der Waals surface area contributed by atoms with Gasteiger partial charge in [0.05, 0.1) is 5.41 Å². The summed E-state index contributed by atoms with van der Waals surface area (Å²) in [6.07, 6.45) is 1.30. The molecule has 3 N–H and O–H groups in total. The van der Waals surface area contributed by atoms with Gasteiger partial charge in [0.15, 0.2) is 0 Å². The van der Waals surface area contributed by atoms with Gasteiger partial charge in [-0.2, -0.15) is 0 Å². The highest BCUT2D eigenvalue weighted by Gasteiger charge is 2.43. The number of anilines is 1. The second kappa shape index (κ2) is 5.85. The SMILES string of the molecule is CCC(CC)(CN)C(=O)N1CC(C(=O)O)c2ccccc21. The lowest BCUT2D eigenvalue weighted by Gasteiger charge is -2.33. The van der Waals surface area contributed by atoms with Crippen LogP contribution >= 0.6 is 0 Å². The van der Waals surface area contributed by atoms with Crippen LogP contribution in [0.4, 0.5) is 5.69 Å². The van der Waals surface area contributed by atoms with Crippen LogP contribution in [0.25, 0.3) is 0 Å². The Balaban J connectivity index is 2.42. The van der Waals surface area contributed by atoms with Crippen LogP contribution in [0.5, 0.6) is 0 Å². The van der Waals surface area contributed by atoms with Crippen LogP contribution in [0.2, 0.25) is 0 Å². The molecule has 0 radical (unpaired) electrons. The fourth-order valence-corrected chi connectivity index (χ4v) is 3.03. The molecule has 1 aliphatic rings. The van der Waals surface area contributed by atoms with E-state index in [0.29, 0.717) is 24.1 Å². The van der Waals surface area contributed by atoms with Crippen LogP contribution < -0.4 is 10.6 Å². The monoisotopic (exact) mass is 290 g/mol. The normalized spacial score (nSPS) is 17.7. The molecule has 0 spiro atoms. The van der Waals surface area contributed by atoms with Gasteiger partial charge in [-0.15, -0.1) is 0 Å². The zero-order chi connectivity index (χ0) is 15.6. The summed E-state index contributed by atoms with van der Waals surface area (Å²) in [4.78, 5) is 26.0. The maximum absolute atomic E-state index is 12.9. The van der Waals surface area contributed by atoms with Crippen LogP contribution in [-0.4, -0.2) is 30.1 Å². The van der Waals surface area contributed by atoms with Gasteiger partial charge in [0, 0.05) is 18.8 Å². The molecule has 1 unspecified atom stereocenters. The molecule has 1 atom stereocenters. The van der Waals surface area contributed by atoms with E-state index >= 15 is 0 Å². The van der Waals surface area contributed by atoms with Crippen LogP contribution in [0.15, 0.2) is 24.3 Å². The van der Waals surface area contributed by atoms with Gasteiger partial charge < -0.3 is 15.7 Å². The van der Waals surface area contributed by atoms with E-state index in [2.05, 4.69) is 0 Å². The minimum Gasteiger partial charge on any atom is -0.481 e. The zero-order valence-corrected chi connectivity index (χ0v) is 12.5. The fourth-order valence-electron chi connectivity index (χ4n) is 3.03. The van der Waals surface area contributed by atoms with E-state index in [0.717, 1.165) is 0 Å². The van der Waals surface area contributed by atoms with E-state index in [-0.39, 0.29) is 19.0 Å². The topological polar surface area (TPSA) is 83.6 Å². The molecule has 0 saturated carbocycles. The molecular formula is C16H22N2O3. The number of carboxylic acid groups (broad SMARTS) is 1. The van der Waals surface area contributed by atoms with Crippen molar-refractivity contribution in [3.05, 3.63) is 29.8 Å². The van der Waals surface area contributed by atoms with E-state index < -0.39 is 17.3 Å². The molecule has 21 heavy (non-hydrogen) atoms. The number of fused-ring (bicyclic) bond motifs is 1. The Morgan fingerprint density at radius 2 is 1.95 bits per heavy atom. The van der Waals surface area contributed by atoms with Crippen molar-refractivity contribution in [3.8, 4) is 0 Å². The maximum atomic E-state index is 12.9. The predicted molar refractivity (Wildman–Crippen MR) is 81.2 cm³/mol. The molecule has 0 saturated heterocycles. The number of aliphatic carboxylic acids is 1. The van der Waals surface area contributed by atoms with Gasteiger partial charge in [0.2, 0.25) is 5.91 Å². The van der Waals surface area contributed by atoms with Crippen LogP contribution in [-0.2, 0) is 9.59 Å². The summed E-state index contributed by atoms with van der Waals surface area (Å²) in [5.74, 6) is -1.62. The Hall–Kier alpha value is -1.88. The van der Waals surface area contributed by atoms with Crippen molar-refractivity contribution >= 4 is 17.6 Å². The molecular weight excluding hydrogens is 268 g/mol. The highest BCUT2D eigenvalue weighted by atomic mass is 16.4. The first-order chi connectivity index (χ1) is 10.0. The number of carbonyl (C=O) groups excluding carboxylic acids is 1. The summed E-state index contributed by atoms with van der Waals surface area (Å²) in [6.45, 7) is 4.36. The van der Waals surface area contributed by atoms with E-state index in [1.54, 1.807) is 17.0 Å². The van der Waals surface area contributed by atoms with E-state index in [1.807, 2.05) is 26.0 Å². The number of nitrogens with zero attached hydrogens (tertiary/aromatic N) is 1. The molecule has 1 aromatic rings. The summed E-state index contributed by atoms with van der Waals surface area (Å²) in [5, 5.41) is 9.37. The largest absolute Gasteiger partial charge is 0.481 e. The average molecular weight is 290 g/mol. The second-order valence-electron chi connectivity index (χ2n) is 5.56. The molecule has 114 valence electrons. The zero-order valence-electron chi connectivity index (χ0n) is 12.5. The number of rotatable bonds is 5. The van der Waals surface area contributed by atoms with Crippen molar-refractivity contribution in [2.75, 3.05) is 18.0 Å². The number of para-hydroxylation sites is 1.